The van der Waals surface area contributed by atoms with Gasteiger partial charge in [-0.15, -0.1) is 0 Å². The average Bonchev–Trinajstić information content (AvgIpc) is 3.13. The number of esters is 1. The number of likely N-dealkylation sites (N-methyl/N-ethyl adjacent to an activating group) is 1. The van der Waals surface area contributed by atoms with Gasteiger partial charge in [0.25, 0.3) is 0 Å². The number of hydrogen-bond acceptors (Lipinski definition) is 7. The standard InChI is InChI=1S/C25H35FN2O5/c1-25(27-2,17-33-23-12-9-8-11-20(23)26)15-14-18-19(22(29)16-21(18)28-31)10-6-4-5-7-13-24(30)32-3/h4,6,8-9,11-12,14-15,18-19,22,27,29,31H,5,7,10,13,16-17H2,1-3H3/b6-4+,15-14+,28-21-. The minimum atomic E-state index is -0.624. The summed E-state index contributed by atoms with van der Waals surface area (Å²) in [6, 6.07) is 6.24. The number of carbonyl (C=O) groups is 1. The molecule has 0 saturated heterocycles. The number of benzene rings is 1. The monoisotopic (exact) mass is 462 g/mol. The van der Waals surface area contributed by atoms with E-state index in [0.717, 1.165) is 6.42 Å². The lowest BCUT2D eigenvalue weighted by Gasteiger charge is -2.27. The highest BCUT2D eigenvalue weighted by Gasteiger charge is 2.38. The third-order valence-corrected chi connectivity index (χ3v) is 6.05. The Bertz CT molecular complexity index is 857. The maximum atomic E-state index is 13.9. The molecule has 0 aliphatic heterocycles. The molecule has 182 valence electrons. The quantitative estimate of drug-likeness (QED) is 0.143. The highest BCUT2D eigenvalue weighted by molar-refractivity contribution is 5.90. The van der Waals surface area contributed by atoms with Gasteiger partial charge in [0.15, 0.2) is 11.6 Å². The van der Waals surface area contributed by atoms with Crippen LogP contribution in [0.5, 0.6) is 5.75 Å². The lowest BCUT2D eigenvalue weighted by molar-refractivity contribution is -0.140. The summed E-state index contributed by atoms with van der Waals surface area (Å²) in [6.07, 6.45) is 9.91. The van der Waals surface area contributed by atoms with Crippen molar-refractivity contribution >= 4 is 11.7 Å². The summed E-state index contributed by atoms with van der Waals surface area (Å²) in [4.78, 5) is 11.2. The summed E-state index contributed by atoms with van der Waals surface area (Å²) in [5.74, 6) is -0.859. The van der Waals surface area contributed by atoms with Gasteiger partial charge in [0, 0.05) is 24.7 Å². The highest BCUT2D eigenvalue weighted by Crippen LogP contribution is 2.34. The van der Waals surface area contributed by atoms with Gasteiger partial charge in [0.1, 0.15) is 6.61 Å². The van der Waals surface area contributed by atoms with Crippen molar-refractivity contribution in [3.8, 4) is 5.75 Å². The van der Waals surface area contributed by atoms with Gasteiger partial charge in [0.2, 0.25) is 0 Å². The molecule has 1 aliphatic rings. The Morgan fingerprint density at radius 3 is 2.79 bits per heavy atom. The smallest absolute Gasteiger partial charge is 0.305 e. The summed E-state index contributed by atoms with van der Waals surface area (Å²) >= 11 is 0. The Morgan fingerprint density at radius 1 is 1.36 bits per heavy atom. The fourth-order valence-electron chi connectivity index (χ4n) is 3.80. The van der Waals surface area contributed by atoms with E-state index >= 15 is 0 Å². The van der Waals surface area contributed by atoms with Gasteiger partial charge in [-0.25, -0.2) is 4.39 Å². The van der Waals surface area contributed by atoms with E-state index in [9.17, 15) is 19.5 Å². The number of hydrogen-bond donors (Lipinski definition) is 3. The Balaban J connectivity index is 2.02. The second-order valence-corrected chi connectivity index (χ2v) is 8.47. The van der Waals surface area contributed by atoms with Crippen molar-refractivity contribution in [3.05, 3.63) is 54.4 Å². The van der Waals surface area contributed by atoms with Crippen LogP contribution in [0, 0.1) is 17.7 Å². The highest BCUT2D eigenvalue weighted by atomic mass is 19.1. The molecule has 4 atom stereocenters. The summed E-state index contributed by atoms with van der Waals surface area (Å²) in [5.41, 5.74) is -0.0821. The van der Waals surface area contributed by atoms with Crippen LogP contribution < -0.4 is 10.1 Å². The molecule has 33 heavy (non-hydrogen) atoms. The number of halogens is 1. The number of para-hydroxylation sites is 1. The van der Waals surface area contributed by atoms with Crippen LogP contribution in [0.2, 0.25) is 0 Å². The first-order valence-corrected chi connectivity index (χ1v) is 11.2. The molecule has 0 aromatic heterocycles. The normalized spacial score (nSPS) is 23.9. The zero-order chi connectivity index (χ0) is 24.3. The van der Waals surface area contributed by atoms with Gasteiger partial charge < -0.3 is 25.1 Å². The van der Waals surface area contributed by atoms with E-state index in [-0.39, 0.29) is 30.2 Å². The molecular weight excluding hydrogens is 427 g/mol. The summed E-state index contributed by atoms with van der Waals surface area (Å²) in [6.45, 7) is 2.11. The predicted molar refractivity (Wildman–Crippen MR) is 125 cm³/mol. The number of methoxy groups -OCH3 is 1. The van der Waals surface area contributed by atoms with Gasteiger partial charge in [-0.3, -0.25) is 4.79 Å². The lowest BCUT2D eigenvalue weighted by atomic mass is 9.88. The fourth-order valence-corrected chi connectivity index (χ4v) is 3.80. The Labute approximate surface area is 195 Å². The van der Waals surface area contributed by atoms with Crippen molar-refractivity contribution in [2.75, 3.05) is 20.8 Å². The molecule has 1 fully saturated rings. The number of nitrogens with zero attached hydrogens (tertiary/aromatic N) is 1. The minimum Gasteiger partial charge on any atom is -0.488 e. The third-order valence-electron chi connectivity index (χ3n) is 6.05. The summed E-state index contributed by atoms with van der Waals surface area (Å²) in [7, 11) is 3.16. The molecule has 1 aromatic rings. The molecule has 3 N–H and O–H groups in total. The van der Waals surface area contributed by atoms with Crippen LogP contribution in [0.1, 0.15) is 39.0 Å². The molecule has 0 heterocycles. The fraction of sp³-hybridized carbons (Fsp3) is 0.520. The van der Waals surface area contributed by atoms with E-state index in [2.05, 4.69) is 15.2 Å². The molecule has 8 heteroatoms. The Morgan fingerprint density at radius 2 is 2.12 bits per heavy atom. The van der Waals surface area contributed by atoms with Crippen molar-refractivity contribution in [3.63, 3.8) is 0 Å². The van der Waals surface area contributed by atoms with Crippen LogP contribution in [0.4, 0.5) is 4.39 Å². The molecule has 0 amide bonds. The molecule has 7 nitrogen and oxygen atoms in total. The molecule has 1 saturated carbocycles. The van der Waals surface area contributed by atoms with E-state index in [1.54, 1.807) is 25.2 Å². The van der Waals surface area contributed by atoms with E-state index in [4.69, 9.17) is 4.74 Å². The number of aliphatic hydroxyl groups is 1. The largest absolute Gasteiger partial charge is 0.488 e. The molecule has 0 radical (unpaired) electrons. The SMILES string of the molecule is CNC(C)(/C=C/C1/C(=N\O)CC(O)C1C/C=C/CCCC(=O)OC)COc1ccccc1F. The van der Waals surface area contributed by atoms with E-state index < -0.39 is 17.5 Å². The van der Waals surface area contributed by atoms with Gasteiger partial charge in [-0.05, 0) is 45.4 Å². The third kappa shape index (κ3) is 7.98. The zero-order valence-corrected chi connectivity index (χ0v) is 19.5. The van der Waals surface area contributed by atoms with Crippen molar-refractivity contribution in [2.24, 2.45) is 17.0 Å². The number of rotatable bonds is 12. The number of oxime groups is 1. The summed E-state index contributed by atoms with van der Waals surface area (Å²) in [5, 5.41) is 26.6. The molecular formula is C25H35FN2O5. The number of aliphatic hydroxyl groups excluding tert-OH is 1. The molecule has 4 unspecified atom stereocenters. The maximum Gasteiger partial charge on any atom is 0.305 e. The van der Waals surface area contributed by atoms with Crippen LogP contribution in [0.3, 0.4) is 0 Å². The zero-order valence-electron chi connectivity index (χ0n) is 19.5. The molecule has 1 aromatic carbocycles. The summed E-state index contributed by atoms with van der Waals surface area (Å²) < 4.78 is 24.2. The first-order valence-electron chi connectivity index (χ1n) is 11.2. The van der Waals surface area contributed by atoms with Gasteiger partial charge in [-0.1, -0.05) is 41.6 Å². The van der Waals surface area contributed by atoms with Gasteiger partial charge in [0.05, 0.1) is 24.5 Å². The van der Waals surface area contributed by atoms with Crippen LogP contribution in [-0.2, 0) is 9.53 Å². The van der Waals surface area contributed by atoms with Gasteiger partial charge in [-0.2, -0.15) is 0 Å². The molecule has 1 aliphatic carbocycles. The predicted octanol–water partition coefficient (Wildman–Crippen LogP) is 3.86. The Hall–Kier alpha value is -2.71. The molecule has 0 bridgehead atoms. The minimum absolute atomic E-state index is 0.141. The maximum absolute atomic E-state index is 13.9. The van der Waals surface area contributed by atoms with E-state index in [1.807, 2.05) is 31.2 Å². The van der Waals surface area contributed by atoms with Crippen LogP contribution in [-0.4, -0.2) is 54.4 Å². The number of carbonyl (C=O) groups excluding carboxylic acids is 1. The van der Waals surface area contributed by atoms with E-state index in [0.29, 0.717) is 31.4 Å². The number of allylic oxidation sites excluding steroid dienone is 3. The van der Waals surface area contributed by atoms with Gasteiger partial charge >= 0.3 is 5.97 Å². The van der Waals surface area contributed by atoms with E-state index in [1.165, 1.54) is 13.2 Å². The second kappa shape index (κ2) is 13.1. The average molecular weight is 463 g/mol. The topological polar surface area (TPSA) is 100 Å². The number of ether oxygens (including phenoxy) is 2. The molecule has 0 spiro atoms. The molecule has 2 rings (SSSR count). The van der Waals surface area contributed by atoms with Crippen LogP contribution >= 0.6 is 0 Å². The van der Waals surface area contributed by atoms with Crippen molar-refractivity contribution in [1.82, 2.24) is 5.32 Å². The first-order chi connectivity index (χ1) is 15.8. The van der Waals surface area contributed by atoms with Crippen molar-refractivity contribution < 1.29 is 29.0 Å². The second-order valence-electron chi connectivity index (χ2n) is 8.47. The van der Waals surface area contributed by atoms with Crippen molar-refractivity contribution in [1.29, 1.82) is 0 Å². The number of unbranched alkanes of at least 4 members (excludes halogenated alkanes) is 1. The van der Waals surface area contributed by atoms with Crippen molar-refractivity contribution in [2.45, 2.75) is 50.7 Å². The first kappa shape index (κ1) is 26.5. The number of nitrogens with one attached hydrogen (secondary N) is 1. The Kier molecular flexibility index (Phi) is 10.5. The van der Waals surface area contributed by atoms with Crippen LogP contribution in [0.15, 0.2) is 53.7 Å². The van der Waals surface area contributed by atoms with Crippen LogP contribution in [0.25, 0.3) is 0 Å². The lowest BCUT2D eigenvalue weighted by Crippen LogP contribution is -2.43.